The maximum Gasteiger partial charge on any atom is 0.272 e. The quantitative estimate of drug-likeness (QED) is 0.655. The van der Waals surface area contributed by atoms with E-state index >= 15 is 0 Å². The zero-order valence-electron chi connectivity index (χ0n) is 15.0. The molecule has 0 unspecified atom stereocenters. The van der Waals surface area contributed by atoms with Crippen molar-refractivity contribution in [1.82, 2.24) is 10.4 Å². The molecule has 134 valence electrons. The molecule has 0 saturated heterocycles. The average molecular weight is 367 g/mol. The number of nitriles is 1. The van der Waals surface area contributed by atoms with Gasteiger partial charge in [-0.3, -0.25) is 15.0 Å². The number of nitrogens with zero attached hydrogens (tertiary/aromatic N) is 2. The number of thioether (sulfide) groups is 1. The zero-order valence-corrected chi connectivity index (χ0v) is 15.8. The van der Waals surface area contributed by atoms with Crippen molar-refractivity contribution in [3.63, 3.8) is 0 Å². The van der Waals surface area contributed by atoms with Crippen LogP contribution in [0.1, 0.15) is 47.1 Å². The molecule has 0 aromatic heterocycles. The fraction of sp³-hybridized carbons (Fsp3) is 0.250. The molecule has 6 heteroatoms. The van der Waals surface area contributed by atoms with Crippen molar-refractivity contribution in [1.29, 1.82) is 5.26 Å². The Hall–Kier alpha value is -2.78. The van der Waals surface area contributed by atoms with E-state index < -0.39 is 5.54 Å². The summed E-state index contributed by atoms with van der Waals surface area (Å²) in [5.41, 5.74) is 4.05. The second-order valence-corrected chi connectivity index (χ2v) is 7.46. The Morgan fingerprint density at radius 2 is 1.65 bits per heavy atom. The molecule has 0 radical (unpaired) electrons. The maximum absolute atomic E-state index is 12.8. The zero-order chi connectivity index (χ0) is 19.2. The van der Waals surface area contributed by atoms with E-state index in [2.05, 4.69) is 5.43 Å². The monoisotopic (exact) mass is 367 g/mol. The lowest BCUT2D eigenvalue weighted by Crippen LogP contribution is -2.55. The standard InChI is InChI=1S/C20H21N3O2S/c1-20(2,3)23(19(25)17-7-5-4-6-8-17)22-18(24)16-11-9-15(10-12-16)13-26-14-21/h4-12H,13H2,1-3H3,(H,22,24). The van der Waals surface area contributed by atoms with Gasteiger partial charge in [-0.25, -0.2) is 5.01 Å². The first-order valence-corrected chi connectivity index (χ1v) is 9.12. The normalized spacial score (nSPS) is 10.7. The van der Waals surface area contributed by atoms with Gasteiger partial charge in [-0.05, 0) is 62.4 Å². The van der Waals surface area contributed by atoms with Gasteiger partial charge in [-0.2, -0.15) is 5.26 Å². The molecule has 0 atom stereocenters. The molecule has 0 fully saturated rings. The molecule has 0 aliphatic rings. The number of benzene rings is 2. The molecule has 0 saturated carbocycles. The Bertz CT molecular complexity index is 806. The van der Waals surface area contributed by atoms with Crippen LogP contribution in [0.4, 0.5) is 0 Å². The van der Waals surface area contributed by atoms with Crippen molar-refractivity contribution >= 4 is 23.6 Å². The first kappa shape index (κ1) is 19.5. The van der Waals surface area contributed by atoms with Crippen molar-refractivity contribution < 1.29 is 9.59 Å². The topological polar surface area (TPSA) is 73.2 Å². The summed E-state index contributed by atoms with van der Waals surface area (Å²) in [4.78, 5) is 25.4. The highest BCUT2D eigenvalue weighted by molar-refractivity contribution is 8.02. The minimum atomic E-state index is -0.591. The fourth-order valence-electron chi connectivity index (χ4n) is 2.27. The Morgan fingerprint density at radius 1 is 1.04 bits per heavy atom. The van der Waals surface area contributed by atoms with Crippen LogP contribution in [0.5, 0.6) is 0 Å². The van der Waals surface area contributed by atoms with Crippen LogP contribution in [-0.2, 0) is 5.75 Å². The molecule has 2 rings (SSSR count). The molecule has 2 aromatic rings. The van der Waals surface area contributed by atoms with E-state index in [-0.39, 0.29) is 11.8 Å². The maximum atomic E-state index is 12.8. The van der Waals surface area contributed by atoms with Crippen molar-refractivity contribution in [2.75, 3.05) is 0 Å². The molecule has 26 heavy (non-hydrogen) atoms. The average Bonchev–Trinajstić information content (AvgIpc) is 2.64. The van der Waals surface area contributed by atoms with Gasteiger partial charge in [0.1, 0.15) is 5.40 Å². The van der Waals surface area contributed by atoms with Crippen molar-refractivity contribution in [3.8, 4) is 5.40 Å². The minimum absolute atomic E-state index is 0.270. The van der Waals surface area contributed by atoms with E-state index in [4.69, 9.17) is 5.26 Å². The van der Waals surface area contributed by atoms with Crippen LogP contribution in [0.2, 0.25) is 0 Å². The van der Waals surface area contributed by atoms with Crippen LogP contribution < -0.4 is 5.43 Å². The highest BCUT2D eigenvalue weighted by Crippen LogP contribution is 2.16. The number of hydrogen-bond acceptors (Lipinski definition) is 4. The number of amides is 2. The van der Waals surface area contributed by atoms with Crippen LogP contribution in [-0.4, -0.2) is 22.4 Å². The summed E-state index contributed by atoms with van der Waals surface area (Å²) in [5, 5.41) is 12.0. The predicted octanol–water partition coefficient (Wildman–Crippen LogP) is 3.99. The Morgan fingerprint density at radius 3 is 2.19 bits per heavy atom. The summed E-state index contributed by atoms with van der Waals surface area (Å²) in [5.74, 6) is -0.0591. The van der Waals surface area contributed by atoms with Crippen LogP contribution >= 0.6 is 11.8 Å². The number of hydrazine groups is 1. The van der Waals surface area contributed by atoms with Gasteiger partial charge >= 0.3 is 0 Å². The first-order valence-electron chi connectivity index (χ1n) is 8.13. The van der Waals surface area contributed by atoms with Gasteiger partial charge in [-0.1, -0.05) is 30.3 Å². The highest BCUT2D eigenvalue weighted by Gasteiger charge is 2.29. The predicted molar refractivity (Wildman–Crippen MR) is 103 cm³/mol. The summed E-state index contributed by atoms with van der Waals surface area (Å²) in [6, 6.07) is 15.8. The fourth-order valence-corrected chi connectivity index (χ4v) is 2.69. The van der Waals surface area contributed by atoms with E-state index in [1.54, 1.807) is 48.5 Å². The number of rotatable bonds is 4. The third kappa shape index (κ3) is 5.11. The summed E-state index contributed by atoms with van der Waals surface area (Å²) >= 11 is 1.14. The van der Waals surface area contributed by atoms with E-state index in [0.29, 0.717) is 16.9 Å². The molecule has 0 aliphatic heterocycles. The van der Waals surface area contributed by atoms with Gasteiger partial charge in [0, 0.05) is 16.9 Å². The van der Waals surface area contributed by atoms with Crippen LogP contribution in [0.25, 0.3) is 0 Å². The molecule has 0 heterocycles. The van der Waals surface area contributed by atoms with Crippen molar-refractivity contribution in [3.05, 3.63) is 71.3 Å². The second-order valence-electron chi connectivity index (χ2n) is 6.70. The third-order valence-electron chi connectivity index (χ3n) is 3.63. The number of thiocyanates is 1. The van der Waals surface area contributed by atoms with Crippen molar-refractivity contribution in [2.24, 2.45) is 0 Å². The van der Waals surface area contributed by atoms with Gasteiger partial charge in [0.05, 0.1) is 5.54 Å². The molecule has 1 N–H and O–H groups in total. The van der Waals surface area contributed by atoms with E-state index in [1.165, 1.54) is 5.01 Å². The second kappa shape index (κ2) is 8.54. The summed E-state index contributed by atoms with van der Waals surface area (Å²) in [6.45, 7) is 5.57. The Labute approximate surface area is 158 Å². The van der Waals surface area contributed by atoms with Crippen LogP contribution in [0.15, 0.2) is 54.6 Å². The Kier molecular flexibility index (Phi) is 6.42. The molecule has 2 amide bonds. The summed E-state index contributed by atoms with van der Waals surface area (Å²) < 4.78 is 0. The largest absolute Gasteiger partial charge is 0.272 e. The van der Waals surface area contributed by atoms with Crippen LogP contribution in [0, 0.1) is 10.7 Å². The molecule has 0 bridgehead atoms. The third-order valence-corrected chi connectivity index (χ3v) is 4.23. The summed E-state index contributed by atoms with van der Waals surface area (Å²) in [6.07, 6.45) is 0. The lowest BCUT2D eigenvalue weighted by atomic mass is 10.1. The molecular weight excluding hydrogens is 346 g/mol. The lowest BCUT2D eigenvalue weighted by Gasteiger charge is -2.35. The van der Waals surface area contributed by atoms with E-state index in [0.717, 1.165) is 17.3 Å². The molecule has 0 aliphatic carbocycles. The molecular formula is C20H21N3O2S. The van der Waals surface area contributed by atoms with Crippen LogP contribution in [0.3, 0.4) is 0 Å². The first-order chi connectivity index (χ1) is 12.3. The lowest BCUT2D eigenvalue weighted by molar-refractivity contribution is 0.0358. The van der Waals surface area contributed by atoms with E-state index in [9.17, 15) is 9.59 Å². The Balaban J connectivity index is 2.17. The van der Waals surface area contributed by atoms with Gasteiger partial charge in [0.25, 0.3) is 11.8 Å². The summed E-state index contributed by atoms with van der Waals surface area (Å²) in [7, 11) is 0. The van der Waals surface area contributed by atoms with Gasteiger partial charge in [0.15, 0.2) is 0 Å². The number of carbonyl (C=O) groups excluding carboxylic acids is 2. The SMILES string of the molecule is CC(C)(C)N(NC(=O)c1ccc(CSC#N)cc1)C(=O)c1ccccc1. The molecule has 0 spiro atoms. The van der Waals surface area contributed by atoms with E-state index in [1.807, 2.05) is 32.2 Å². The smallest absolute Gasteiger partial charge is 0.267 e. The highest BCUT2D eigenvalue weighted by atomic mass is 32.2. The number of carbonyl (C=O) groups is 2. The van der Waals surface area contributed by atoms with Crippen molar-refractivity contribution in [2.45, 2.75) is 32.1 Å². The number of hydrogen-bond donors (Lipinski definition) is 1. The molecule has 2 aromatic carbocycles. The van der Waals surface area contributed by atoms with Gasteiger partial charge in [0.2, 0.25) is 0 Å². The van der Waals surface area contributed by atoms with Gasteiger partial charge in [-0.15, -0.1) is 0 Å². The minimum Gasteiger partial charge on any atom is -0.267 e. The number of nitrogens with one attached hydrogen (secondary N) is 1. The van der Waals surface area contributed by atoms with Gasteiger partial charge < -0.3 is 0 Å². The molecule has 5 nitrogen and oxygen atoms in total.